The van der Waals surface area contributed by atoms with Gasteiger partial charge in [-0.3, -0.25) is 4.79 Å². The predicted octanol–water partition coefficient (Wildman–Crippen LogP) is 2.77. The van der Waals surface area contributed by atoms with Crippen molar-refractivity contribution in [3.63, 3.8) is 0 Å². The van der Waals surface area contributed by atoms with E-state index in [1.165, 1.54) is 0 Å². The van der Waals surface area contributed by atoms with E-state index in [1.807, 2.05) is 56.4 Å². The van der Waals surface area contributed by atoms with Crippen LogP contribution in [0.1, 0.15) is 29.9 Å². The van der Waals surface area contributed by atoms with Gasteiger partial charge in [0.2, 0.25) is 0 Å². The number of H-pyrrole nitrogens is 1. The first-order valence-electron chi connectivity index (χ1n) is 6.42. The summed E-state index contributed by atoms with van der Waals surface area (Å²) in [5.41, 5.74) is 2.80. The molecule has 2 aromatic rings. The Labute approximate surface area is 113 Å². The van der Waals surface area contributed by atoms with Gasteiger partial charge in [0, 0.05) is 29.2 Å². The molecule has 100 valence electrons. The van der Waals surface area contributed by atoms with E-state index in [-0.39, 0.29) is 11.9 Å². The molecule has 0 aliphatic rings. The third kappa shape index (κ3) is 3.88. The van der Waals surface area contributed by atoms with Crippen LogP contribution >= 0.6 is 0 Å². The third-order valence-electron chi connectivity index (χ3n) is 2.71. The number of amides is 1. The lowest BCUT2D eigenvalue weighted by Gasteiger charge is -2.09. The largest absolute Gasteiger partial charge is 0.379 e. The Balaban J connectivity index is 1.92. The highest BCUT2D eigenvalue weighted by Gasteiger charge is 2.06. The lowest BCUT2D eigenvalue weighted by atomic mass is 10.2. The second kappa shape index (κ2) is 6.09. The summed E-state index contributed by atoms with van der Waals surface area (Å²) < 4.78 is 0. The lowest BCUT2D eigenvalue weighted by molar-refractivity contribution is 0.0943. The summed E-state index contributed by atoms with van der Waals surface area (Å²) in [6.45, 7) is 4.64. The minimum absolute atomic E-state index is 0.0362. The molecule has 0 atom stereocenters. The normalized spacial score (nSPS) is 10.5. The highest BCUT2D eigenvalue weighted by Crippen LogP contribution is 2.11. The van der Waals surface area contributed by atoms with Crippen LogP contribution in [-0.2, 0) is 6.54 Å². The zero-order valence-electron chi connectivity index (χ0n) is 11.2. The van der Waals surface area contributed by atoms with Gasteiger partial charge in [0.25, 0.3) is 5.91 Å². The van der Waals surface area contributed by atoms with Crippen molar-refractivity contribution >= 4 is 11.6 Å². The number of aromatic amines is 1. The van der Waals surface area contributed by atoms with Crippen molar-refractivity contribution in [1.29, 1.82) is 0 Å². The van der Waals surface area contributed by atoms with Crippen molar-refractivity contribution in [2.75, 3.05) is 5.32 Å². The minimum atomic E-state index is -0.0362. The summed E-state index contributed by atoms with van der Waals surface area (Å²) in [6, 6.07) is 11.6. The van der Waals surface area contributed by atoms with Gasteiger partial charge in [-0.05, 0) is 50.2 Å². The van der Waals surface area contributed by atoms with E-state index in [0.29, 0.717) is 5.56 Å². The van der Waals surface area contributed by atoms with Gasteiger partial charge in [-0.15, -0.1) is 0 Å². The molecule has 0 aliphatic carbocycles. The van der Waals surface area contributed by atoms with Crippen molar-refractivity contribution in [3.8, 4) is 0 Å². The molecule has 4 heteroatoms. The average molecular weight is 257 g/mol. The molecular weight excluding hydrogens is 238 g/mol. The van der Waals surface area contributed by atoms with Gasteiger partial charge in [0.15, 0.2) is 0 Å². The first-order valence-corrected chi connectivity index (χ1v) is 6.42. The molecule has 0 unspecified atom stereocenters. The first kappa shape index (κ1) is 13.2. The number of hydrogen-bond acceptors (Lipinski definition) is 2. The predicted molar refractivity (Wildman–Crippen MR) is 77.2 cm³/mol. The zero-order chi connectivity index (χ0) is 13.7. The monoisotopic (exact) mass is 257 g/mol. The highest BCUT2D eigenvalue weighted by molar-refractivity contribution is 5.94. The van der Waals surface area contributed by atoms with E-state index >= 15 is 0 Å². The zero-order valence-corrected chi connectivity index (χ0v) is 11.2. The molecule has 1 heterocycles. The highest BCUT2D eigenvalue weighted by atomic mass is 16.1. The second-order valence-corrected chi connectivity index (χ2v) is 4.75. The van der Waals surface area contributed by atoms with Crippen LogP contribution in [0.3, 0.4) is 0 Å². The Morgan fingerprint density at radius 1 is 1.21 bits per heavy atom. The van der Waals surface area contributed by atoms with Crippen LogP contribution in [0.15, 0.2) is 42.6 Å². The quantitative estimate of drug-likeness (QED) is 0.771. The standard InChI is InChI=1S/C15H19N3O/c1-11(2)18-15(19)12-5-7-13(8-6-12)17-10-14-4-3-9-16-14/h3-9,11,16-17H,10H2,1-2H3,(H,18,19). The summed E-state index contributed by atoms with van der Waals surface area (Å²) in [5.74, 6) is -0.0362. The van der Waals surface area contributed by atoms with Gasteiger partial charge in [-0.25, -0.2) is 0 Å². The van der Waals surface area contributed by atoms with Gasteiger partial charge in [-0.1, -0.05) is 0 Å². The third-order valence-corrected chi connectivity index (χ3v) is 2.71. The van der Waals surface area contributed by atoms with Crippen molar-refractivity contribution in [1.82, 2.24) is 10.3 Å². The topological polar surface area (TPSA) is 56.9 Å². The fraction of sp³-hybridized carbons (Fsp3) is 0.267. The van der Waals surface area contributed by atoms with Gasteiger partial charge in [-0.2, -0.15) is 0 Å². The summed E-state index contributed by atoms with van der Waals surface area (Å²) in [7, 11) is 0. The Morgan fingerprint density at radius 2 is 1.95 bits per heavy atom. The average Bonchev–Trinajstić information content (AvgIpc) is 2.89. The molecule has 4 nitrogen and oxygen atoms in total. The minimum Gasteiger partial charge on any atom is -0.379 e. The molecule has 0 spiro atoms. The summed E-state index contributed by atoms with van der Waals surface area (Å²) in [5, 5.41) is 6.16. The van der Waals surface area contributed by atoms with Crippen LogP contribution in [0.4, 0.5) is 5.69 Å². The van der Waals surface area contributed by atoms with Crippen molar-refractivity contribution < 1.29 is 4.79 Å². The molecule has 19 heavy (non-hydrogen) atoms. The molecule has 1 aromatic carbocycles. The van der Waals surface area contributed by atoms with Gasteiger partial charge < -0.3 is 15.6 Å². The number of nitrogens with one attached hydrogen (secondary N) is 3. The smallest absolute Gasteiger partial charge is 0.251 e. The number of aromatic nitrogens is 1. The van der Waals surface area contributed by atoms with Crippen molar-refractivity contribution in [3.05, 3.63) is 53.9 Å². The van der Waals surface area contributed by atoms with Gasteiger partial charge in [0.1, 0.15) is 0 Å². The van der Waals surface area contributed by atoms with Crippen LogP contribution in [0.5, 0.6) is 0 Å². The van der Waals surface area contributed by atoms with Gasteiger partial charge in [0.05, 0.1) is 6.54 Å². The number of hydrogen-bond donors (Lipinski definition) is 3. The van der Waals surface area contributed by atoms with E-state index in [1.54, 1.807) is 0 Å². The number of benzene rings is 1. The van der Waals surface area contributed by atoms with Gasteiger partial charge >= 0.3 is 0 Å². The Morgan fingerprint density at radius 3 is 2.53 bits per heavy atom. The van der Waals surface area contributed by atoms with E-state index in [4.69, 9.17) is 0 Å². The molecule has 0 fully saturated rings. The second-order valence-electron chi connectivity index (χ2n) is 4.75. The molecule has 1 aromatic heterocycles. The number of carbonyl (C=O) groups excluding carboxylic acids is 1. The van der Waals surface area contributed by atoms with E-state index in [0.717, 1.165) is 17.9 Å². The van der Waals surface area contributed by atoms with Crippen LogP contribution in [0.2, 0.25) is 0 Å². The number of anilines is 1. The molecule has 0 aliphatic heterocycles. The number of rotatable bonds is 5. The molecular formula is C15H19N3O. The van der Waals surface area contributed by atoms with Crippen LogP contribution < -0.4 is 10.6 Å². The lowest BCUT2D eigenvalue weighted by Crippen LogP contribution is -2.29. The maximum Gasteiger partial charge on any atom is 0.251 e. The molecule has 1 amide bonds. The fourth-order valence-corrected chi connectivity index (χ4v) is 1.76. The van der Waals surface area contributed by atoms with E-state index < -0.39 is 0 Å². The summed E-state index contributed by atoms with van der Waals surface area (Å²) in [6.07, 6.45) is 1.90. The van der Waals surface area contributed by atoms with Crippen LogP contribution in [-0.4, -0.2) is 16.9 Å². The number of carbonyl (C=O) groups is 1. The van der Waals surface area contributed by atoms with E-state index in [9.17, 15) is 4.79 Å². The molecule has 0 saturated heterocycles. The Bertz CT molecular complexity index is 515. The molecule has 2 rings (SSSR count). The Kier molecular flexibility index (Phi) is 4.23. The van der Waals surface area contributed by atoms with Crippen LogP contribution in [0, 0.1) is 0 Å². The fourth-order valence-electron chi connectivity index (χ4n) is 1.76. The Hall–Kier alpha value is -2.23. The summed E-state index contributed by atoms with van der Waals surface area (Å²) in [4.78, 5) is 14.9. The molecule has 0 saturated carbocycles. The first-order chi connectivity index (χ1) is 9.15. The van der Waals surface area contributed by atoms with Crippen molar-refractivity contribution in [2.24, 2.45) is 0 Å². The molecule has 3 N–H and O–H groups in total. The SMILES string of the molecule is CC(C)NC(=O)c1ccc(NCc2ccc[nH]2)cc1. The summed E-state index contributed by atoms with van der Waals surface area (Å²) >= 11 is 0. The van der Waals surface area contributed by atoms with E-state index in [2.05, 4.69) is 15.6 Å². The molecule has 0 bridgehead atoms. The van der Waals surface area contributed by atoms with Crippen LogP contribution in [0.25, 0.3) is 0 Å². The maximum absolute atomic E-state index is 11.8. The molecule has 0 radical (unpaired) electrons. The van der Waals surface area contributed by atoms with Crippen molar-refractivity contribution in [2.45, 2.75) is 26.4 Å². The maximum atomic E-state index is 11.8.